The summed E-state index contributed by atoms with van der Waals surface area (Å²) in [7, 11) is 0. The summed E-state index contributed by atoms with van der Waals surface area (Å²) in [5.41, 5.74) is 5.31. The summed E-state index contributed by atoms with van der Waals surface area (Å²) in [5, 5.41) is 13.8. The number of likely N-dealkylation sites (tertiary alicyclic amines) is 1. The van der Waals surface area contributed by atoms with E-state index in [0.29, 0.717) is 25.7 Å². The highest BCUT2D eigenvalue weighted by Crippen LogP contribution is 2.26. The first kappa shape index (κ1) is 21.3. The number of imide groups is 1. The number of hydrogen-bond donors (Lipinski definition) is 4. The molecule has 1 aromatic carbocycles. The predicted octanol–water partition coefficient (Wildman–Crippen LogP) is 1.59. The molecule has 1 aromatic rings. The van der Waals surface area contributed by atoms with E-state index in [-0.39, 0.29) is 11.9 Å². The number of nitrogens with two attached hydrogens (primary N) is 1. The maximum atomic E-state index is 11.8. The van der Waals surface area contributed by atoms with E-state index in [1.54, 1.807) is 0 Å². The molecule has 29 heavy (non-hydrogen) atoms. The zero-order chi connectivity index (χ0) is 20.9. The van der Waals surface area contributed by atoms with Gasteiger partial charge in [-0.2, -0.15) is 0 Å². The molecule has 0 unspecified atom stereocenters. The van der Waals surface area contributed by atoms with Crippen molar-refractivity contribution in [3.8, 4) is 0 Å². The van der Waals surface area contributed by atoms with E-state index in [2.05, 4.69) is 27.7 Å². The summed E-state index contributed by atoms with van der Waals surface area (Å²) in [6.07, 6.45) is 5.69. The van der Waals surface area contributed by atoms with Crippen LogP contribution in [0.4, 0.5) is 4.79 Å². The monoisotopic (exact) mass is 402 g/mol. The number of amides is 3. The molecule has 8 heteroatoms. The van der Waals surface area contributed by atoms with Gasteiger partial charge < -0.3 is 16.2 Å². The van der Waals surface area contributed by atoms with Crippen LogP contribution in [0.3, 0.4) is 0 Å². The maximum Gasteiger partial charge on any atom is 0.323 e. The van der Waals surface area contributed by atoms with Crippen molar-refractivity contribution in [3.63, 3.8) is 0 Å². The average Bonchev–Trinajstić information content (AvgIpc) is 2.98. The molecule has 5 N–H and O–H groups in total. The van der Waals surface area contributed by atoms with Crippen LogP contribution in [-0.2, 0) is 16.1 Å². The number of nitrogens with one attached hydrogen (secondary N) is 2. The minimum absolute atomic E-state index is 0.170. The Hall–Kier alpha value is -2.45. The van der Waals surface area contributed by atoms with Gasteiger partial charge >= 0.3 is 12.0 Å². The van der Waals surface area contributed by atoms with Crippen LogP contribution < -0.4 is 16.4 Å². The van der Waals surface area contributed by atoms with Gasteiger partial charge in [-0.1, -0.05) is 49.6 Å². The number of urea groups is 1. The molecular formula is C21H30N4O4. The van der Waals surface area contributed by atoms with Crippen molar-refractivity contribution in [2.45, 2.75) is 62.6 Å². The van der Waals surface area contributed by atoms with E-state index < -0.39 is 17.0 Å². The summed E-state index contributed by atoms with van der Waals surface area (Å²) in [5.74, 6) is -1.01. The first-order valence-electron chi connectivity index (χ1n) is 10.3. The molecule has 2 heterocycles. The zero-order valence-electron chi connectivity index (χ0n) is 16.7. The van der Waals surface area contributed by atoms with E-state index in [9.17, 15) is 14.4 Å². The van der Waals surface area contributed by atoms with Gasteiger partial charge in [-0.05, 0) is 31.2 Å². The molecule has 1 saturated carbocycles. The smallest absolute Gasteiger partial charge is 0.323 e. The van der Waals surface area contributed by atoms with E-state index in [4.69, 9.17) is 10.8 Å². The summed E-state index contributed by atoms with van der Waals surface area (Å²) < 4.78 is 0. The van der Waals surface area contributed by atoms with Crippen LogP contribution in [0.1, 0.15) is 50.5 Å². The quantitative estimate of drug-likeness (QED) is 0.569. The van der Waals surface area contributed by atoms with Gasteiger partial charge in [-0.15, -0.1) is 0 Å². The molecule has 158 valence electrons. The number of rotatable bonds is 3. The molecular weight excluding hydrogens is 372 g/mol. The molecule has 0 bridgehead atoms. The van der Waals surface area contributed by atoms with Gasteiger partial charge in [-0.25, -0.2) is 4.79 Å². The van der Waals surface area contributed by atoms with Crippen molar-refractivity contribution in [1.82, 2.24) is 15.5 Å². The lowest BCUT2D eigenvalue weighted by Crippen LogP contribution is -2.54. The molecule has 1 aliphatic carbocycles. The molecule has 0 atom stereocenters. The predicted molar refractivity (Wildman–Crippen MR) is 108 cm³/mol. The first-order valence-corrected chi connectivity index (χ1v) is 10.3. The zero-order valence-corrected chi connectivity index (χ0v) is 16.7. The fourth-order valence-electron chi connectivity index (χ4n) is 4.21. The van der Waals surface area contributed by atoms with Gasteiger partial charge in [0.25, 0.3) is 5.91 Å². The second-order valence-corrected chi connectivity index (χ2v) is 8.27. The van der Waals surface area contributed by atoms with Crippen molar-refractivity contribution in [2.75, 3.05) is 13.1 Å². The third-order valence-corrected chi connectivity index (χ3v) is 6.14. The molecule has 1 spiro atoms. The highest BCUT2D eigenvalue weighted by atomic mass is 16.4. The van der Waals surface area contributed by atoms with Gasteiger partial charge in [0.2, 0.25) is 0 Å². The Balaban J connectivity index is 0.000000204. The molecule has 3 aliphatic rings. The molecule has 0 aromatic heterocycles. The van der Waals surface area contributed by atoms with Gasteiger partial charge in [0.05, 0.1) is 0 Å². The lowest BCUT2D eigenvalue weighted by molar-refractivity contribution is -0.144. The number of carbonyl (C=O) groups is 3. The maximum absolute atomic E-state index is 11.8. The Kier molecular flexibility index (Phi) is 6.54. The van der Waals surface area contributed by atoms with Crippen molar-refractivity contribution in [2.24, 2.45) is 5.73 Å². The summed E-state index contributed by atoms with van der Waals surface area (Å²) in [6.45, 7) is 2.54. The van der Waals surface area contributed by atoms with Crippen LogP contribution in [0, 0.1) is 0 Å². The van der Waals surface area contributed by atoms with E-state index in [1.807, 2.05) is 18.2 Å². The first-order chi connectivity index (χ1) is 13.8. The molecule has 2 saturated heterocycles. The number of aliphatic carboxylic acids is 1. The molecule has 3 amide bonds. The number of piperidine rings is 1. The highest BCUT2D eigenvalue weighted by Gasteiger charge is 2.47. The Bertz CT molecular complexity index is 738. The Morgan fingerprint density at radius 2 is 1.66 bits per heavy atom. The summed E-state index contributed by atoms with van der Waals surface area (Å²) in [4.78, 5) is 35.9. The third kappa shape index (κ3) is 5.13. The Labute approximate surface area is 170 Å². The highest BCUT2D eigenvalue weighted by molar-refractivity contribution is 6.07. The lowest BCUT2D eigenvalue weighted by Gasteiger charge is -2.36. The van der Waals surface area contributed by atoms with Gasteiger partial charge in [0.15, 0.2) is 0 Å². The van der Waals surface area contributed by atoms with Crippen LogP contribution in [0.5, 0.6) is 0 Å². The standard InChI is InChI=1S/C14H17N3O2.C7H13NO2/c18-12-14(16-13(19)15-12)6-8-17(9-7-14)10-11-4-2-1-3-5-11;8-7(6(9)10)4-2-1-3-5-7/h1-5H,6-10H2,(H2,15,16,18,19);1-5,8H2,(H,9,10). The van der Waals surface area contributed by atoms with Crippen molar-refractivity contribution >= 4 is 17.9 Å². The second-order valence-electron chi connectivity index (χ2n) is 8.27. The second kappa shape index (κ2) is 8.92. The number of carboxylic acid groups (broad SMARTS) is 1. The average molecular weight is 402 g/mol. The number of carboxylic acids is 1. The molecule has 8 nitrogen and oxygen atoms in total. The van der Waals surface area contributed by atoms with Crippen molar-refractivity contribution < 1.29 is 19.5 Å². The van der Waals surface area contributed by atoms with Crippen LogP contribution in [0.2, 0.25) is 0 Å². The molecule has 3 fully saturated rings. The van der Waals surface area contributed by atoms with Crippen LogP contribution in [0.15, 0.2) is 30.3 Å². The summed E-state index contributed by atoms with van der Waals surface area (Å²) in [6, 6.07) is 9.92. The minimum Gasteiger partial charge on any atom is -0.480 e. The Morgan fingerprint density at radius 3 is 2.14 bits per heavy atom. The van der Waals surface area contributed by atoms with Gasteiger partial charge in [0, 0.05) is 19.6 Å². The lowest BCUT2D eigenvalue weighted by atomic mass is 9.83. The number of benzene rings is 1. The number of carbonyl (C=O) groups excluding carboxylic acids is 2. The fraction of sp³-hybridized carbons (Fsp3) is 0.571. The fourth-order valence-corrected chi connectivity index (χ4v) is 4.21. The van der Waals surface area contributed by atoms with Crippen LogP contribution >= 0.6 is 0 Å². The van der Waals surface area contributed by atoms with E-state index in [1.165, 1.54) is 5.56 Å². The largest absolute Gasteiger partial charge is 0.480 e. The minimum atomic E-state index is -0.905. The summed E-state index contributed by atoms with van der Waals surface area (Å²) >= 11 is 0. The van der Waals surface area contributed by atoms with Gasteiger partial charge in [-0.3, -0.25) is 19.8 Å². The Morgan fingerprint density at radius 1 is 1.03 bits per heavy atom. The van der Waals surface area contributed by atoms with Crippen molar-refractivity contribution in [3.05, 3.63) is 35.9 Å². The molecule has 4 rings (SSSR count). The van der Waals surface area contributed by atoms with E-state index in [0.717, 1.165) is 38.9 Å². The van der Waals surface area contributed by atoms with E-state index >= 15 is 0 Å². The molecule has 0 radical (unpaired) electrons. The number of hydrogen-bond acceptors (Lipinski definition) is 5. The normalized spacial score (nSPS) is 22.9. The third-order valence-electron chi connectivity index (χ3n) is 6.14. The number of nitrogens with zero attached hydrogens (tertiary/aromatic N) is 1. The van der Waals surface area contributed by atoms with Crippen LogP contribution in [0.25, 0.3) is 0 Å². The topological polar surface area (TPSA) is 125 Å². The SMILES string of the molecule is NC1(C(=O)O)CCCCC1.O=C1NC(=O)C2(CCN(Cc3ccccc3)CC2)N1. The van der Waals surface area contributed by atoms with Crippen LogP contribution in [-0.4, -0.2) is 52.1 Å². The van der Waals surface area contributed by atoms with Gasteiger partial charge in [0.1, 0.15) is 11.1 Å². The molecule has 2 aliphatic heterocycles. The van der Waals surface area contributed by atoms with Crippen molar-refractivity contribution in [1.29, 1.82) is 0 Å².